The molecule has 0 aromatic heterocycles. The zero-order valence-electron chi connectivity index (χ0n) is 5.61. The van der Waals surface area contributed by atoms with Crippen LogP contribution in [0.1, 0.15) is 26.2 Å². The second kappa shape index (κ2) is 4.68. The normalized spacial score (nSPS) is 17.3. The second-order valence-corrected chi connectivity index (χ2v) is 2.10. The molecular weight excluding hydrogens is 124 g/mol. The van der Waals surface area contributed by atoms with Crippen molar-refractivity contribution in [1.29, 1.82) is 0 Å². The minimum absolute atomic E-state index is 0.244. The standard InChI is InChI=1S/C6H13F2N/c1-2-3-4-5(7)6(8)9/h5-6H,2-4,9H2,1H3. The zero-order chi connectivity index (χ0) is 7.28. The van der Waals surface area contributed by atoms with E-state index in [1.54, 1.807) is 0 Å². The van der Waals surface area contributed by atoms with Gasteiger partial charge in [0.2, 0.25) is 0 Å². The molecule has 2 unspecified atom stereocenters. The van der Waals surface area contributed by atoms with Crippen molar-refractivity contribution in [3.05, 3.63) is 0 Å². The van der Waals surface area contributed by atoms with Gasteiger partial charge in [-0.05, 0) is 6.42 Å². The molecular formula is C6H13F2N. The van der Waals surface area contributed by atoms with Gasteiger partial charge in [-0.3, -0.25) is 5.73 Å². The summed E-state index contributed by atoms with van der Waals surface area (Å²) in [5.74, 6) is 0. The molecule has 2 N–H and O–H groups in total. The predicted molar refractivity (Wildman–Crippen MR) is 33.5 cm³/mol. The number of alkyl halides is 2. The van der Waals surface area contributed by atoms with Gasteiger partial charge in [0.05, 0.1) is 0 Å². The Morgan fingerprint density at radius 2 is 2.00 bits per heavy atom. The highest BCUT2D eigenvalue weighted by Gasteiger charge is 2.13. The maximum Gasteiger partial charge on any atom is 0.180 e. The fourth-order valence-electron chi connectivity index (χ4n) is 0.558. The van der Waals surface area contributed by atoms with E-state index in [0.29, 0.717) is 6.42 Å². The Balaban J connectivity index is 3.16. The molecule has 0 aliphatic rings. The number of nitrogens with two attached hydrogens (primary N) is 1. The van der Waals surface area contributed by atoms with Gasteiger partial charge >= 0.3 is 0 Å². The summed E-state index contributed by atoms with van der Waals surface area (Å²) in [6.45, 7) is 1.93. The van der Waals surface area contributed by atoms with Crippen LogP contribution in [0, 0.1) is 0 Å². The van der Waals surface area contributed by atoms with Crippen molar-refractivity contribution in [1.82, 2.24) is 0 Å². The number of unbranched alkanes of at least 4 members (excludes halogenated alkanes) is 1. The Kier molecular flexibility index (Phi) is 4.58. The third-order valence-electron chi connectivity index (χ3n) is 1.18. The lowest BCUT2D eigenvalue weighted by atomic mass is 10.2. The summed E-state index contributed by atoms with van der Waals surface area (Å²) in [5.41, 5.74) is 4.64. The molecule has 0 saturated heterocycles. The van der Waals surface area contributed by atoms with Gasteiger partial charge in [0.1, 0.15) is 6.17 Å². The smallest absolute Gasteiger partial charge is 0.180 e. The van der Waals surface area contributed by atoms with E-state index < -0.39 is 12.5 Å². The lowest BCUT2D eigenvalue weighted by molar-refractivity contribution is 0.160. The van der Waals surface area contributed by atoms with Crippen LogP contribution in [0.3, 0.4) is 0 Å². The summed E-state index contributed by atoms with van der Waals surface area (Å²) in [5, 5.41) is 0. The number of hydrogen-bond donors (Lipinski definition) is 1. The second-order valence-electron chi connectivity index (χ2n) is 2.10. The maximum atomic E-state index is 12.2. The summed E-state index contributed by atoms with van der Waals surface area (Å²) >= 11 is 0. The number of hydrogen-bond acceptors (Lipinski definition) is 1. The van der Waals surface area contributed by atoms with Crippen LogP contribution in [0.5, 0.6) is 0 Å². The van der Waals surface area contributed by atoms with E-state index in [-0.39, 0.29) is 6.42 Å². The maximum absolute atomic E-state index is 12.2. The first kappa shape index (κ1) is 8.82. The van der Waals surface area contributed by atoms with Crippen molar-refractivity contribution in [2.75, 3.05) is 0 Å². The van der Waals surface area contributed by atoms with Gasteiger partial charge in [-0.15, -0.1) is 0 Å². The molecule has 56 valence electrons. The molecule has 0 aromatic rings. The van der Waals surface area contributed by atoms with Crippen molar-refractivity contribution in [2.24, 2.45) is 5.73 Å². The highest BCUT2D eigenvalue weighted by Crippen LogP contribution is 2.07. The van der Waals surface area contributed by atoms with Gasteiger partial charge in [0.25, 0.3) is 0 Å². The van der Waals surface area contributed by atoms with Crippen LogP contribution in [-0.4, -0.2) is 12.5 Å². The highest BCUT2D eigenvalue weighted by atomic mass is 19.2. The van der Waals surface area contributed by atoms with Gasteiger partial charge < -0.3 is 0 Å². The molecule has 9 heavy (non-hydrogen) atoms. The number of halogens is 2. The molecule has 0 aliphatic carbocycles. The first-order valence-corrected chi connectivity index (χ1v) is 3.22. The molecule has 2 atom stereocenters. The van der Waals surface area contributed by atoms with E-state index in [2.05, 4.69) is 5.73 Å². The molecule has 0 aromatic carbocycles. The largest absolute Gasteiger partial charge is 0.299 e. The Hall–Kier alpha value is -0.180. The van der Waals surface area contributed by atoms with E-state index in [1.807, 2.05) is 6.92 Å². The molecule has 1 nitrogen and oxygen atoms in total. The zero-order valence-corrected chi connectivity index (χ0v) is 5.61. The SMILES string of the molecule is CCCCC(F)C(N)F. The number of rotatable bonds is 4. The van der Waals surface area contributed by atoms with Crippen molar-refractivity contribution < 1.29 is 8.78 Å². The molecule has 0 rings (SSSR count). The van der Waals surface area contributed by atoms with Gasteiger partial charge in [-0.1, -0.05) is 19.8 Å². The Morgan fingerprint density at radius 1 is 1.44 bits per heavy atom. The average Bonchev–Trinajstić information content (AvgIpc) is 1.82. The van der Waals surface area contributed by atoms with Crippen LogP contribution in [0.2, 0.25) is 0 Å². The quantitative estimate of drug-likeness (QED) is 0.587. The van der Waals surface area contributed by atoms with Crippen LogP contribution in [-0.2, 0) is 0 Å². The Morgan fingerprint density at radius 3 is 2.33 bits per heavy atom. The van der Waals surface area contributed by atoms with Gasteiger partial charge in [-0.25, -0.2) is 8.78 Å². The van der Waals surface area contributed by atoms with Crippen molar-refractivity contribution in [3.8, 4) is 0 Å². The van der Waals surface area contributed by atoms with E-state index in [9.17, 15) is 8.78 Å². The van der Waals surface area contributed by atoms with Gasteiger partial charge in [0, 0.05) is 0 Å². The molecule has 0 bridgehead atoms. The first-order valence-electron chi connectivity index (χ1n) is 3.22. The monoisotopic (exact) mass is 137 g/mol. The summed E-state index contributed by atoms with van der Waals surface area (Å²) < 4.78 is 24.0. The molecule has 0 heterocycles. The molecule has 0 amide bonds. The molecule has 0 saturated carbocycles. The highest BCUT2D eigenvalue weighted by molar-refractivity contribution is 4.60. The fraction of sp³-hybridized carbons (Fsp3) is 1.00. The molecule has 0 radical (unpaired) electrons. The van der Waals surface area contributed by atoms with Gasteiger partial charge in [0.15, 0.2) is 6.30 Å². The van der Waals surface area contributed by atoms with Crippen molar-refractivity contribution >= 4 is 0 Å². The van der Waals surface area contributed by atoms with Crippen molar-refractivity contribution in [2.45, 2.75) is 38.7 Å². The van der Waals surface area contributed by atoms with E-state index in [0.717, 1.165) is 6.42 Å². The molecule has 0 fully saturated rings. The van der Waals surface area contributed by atoms with Crippen LogP contribution < -0.4 is 5.73 Å². The fourth-order valence-corrected chi connectivity index (χ4v) is 0.558. The van der Waals surface area contributed by atoms with E-state index in [1.165, 1.54) is 0 Å². The summed E-state index contributed by atoms with van der Waals surface area (Å²) in [4.78, 5) is 0. The summed E-state index contributed by atoms with van der Waals surface area (Å²) in [6, 6.07) is 0. The topological polar surface area (TPSA) is 26.0 Å². The third-order valence-corrected chi connectivity index (χ3v) is 1.18. The van der Waals surface area contributed by atoms with Crippen LogP contribution in [0.4, 0.5) is 8.78 Å². The first-order chi connectivity index (χ1) is 4.18. The van der Waals surface area contributed by atoms with E-state index >= 15 is 0 Å². The van der Waals surface area contributed by atoms with Crippen LogP contribution in [0.25, 0.3) is 0 Å². The third kappa shape index (κ3) is 4.33. The Labute approximate surface area is 54.2 Å². The van der Waals surface area contributed by atoms with E-state index in [4.69, 9.17) is 0 Å². The Bertz CT molecular complexity index is 66.1. The minimum atomic E-state index is -1.79. The van der Waals surface area contributed by atoms with Crippen LogP contribution in [0.15, 0.2) is 0 Å². The van der Waals surface area contributed by atoms with Gasteiger partial charge in [-0.2, -0.15) is 0 Å². The predicted octanol–water partition coefficient (Wildman–Crippen LogP) is 1.77. The average molecular weight is 137 g/mol. The lowest BCUT2D eigenvalue weighted by Gasteiger charge is -2.06. The van der Waals surface area contributed by atoms with Crippen molar-refractivity contribution in [3.63, 3.8) is 0 Å². The molecule has 0 spiro atoms. The molecule has 0 aliphatic heterocycles. The molecule has 3 heteroatoms. The van der Waals surface area contributed by atoms with Crippen LogP contribution >= 0.6 is 0 Å². The lowest BCUT2D eigenvalue weighted by Crippen LogP contribution is -2.26. The summed E-state index contributed by atoms with van der Waals surface area (Å²) in [7, 11) is 0. The minimum Gasteiger partial charge on any atom is -0.299 e. The summed E-state index contributed by atoms with van der Waals surface area (Å²) in [6.07, 6.45) is -1.43.